The van der Waals surface area contributed by atoms with Crippen LogP contribution < -0.4 is 5.32 Å². The summed E-state index contributed by atoms with van der Waals surface area (Å²) in [5.74, 6) is 1.20. The van der Waals surface area contributed by atoms with E-state index in [-0.39, 0.29) is 16.8 Å². The van der Waals surface area contributed by atoms with E-state index in [1.807, 2.05) is 7.05 Å². The lowest BCUT2D eigenvalue weighted by Crippen LogP contribution is -2.47. The third-order valence-electron chi connectivity index (χ3n) is 6.25. The van der Waals surface area contributed by atoms with Gasteiger partial charge in [0, 0.05) is 37.8 Å². The zero-order chi connectivity index (χ0) is 18.3. The van der Waals surface area contributed by atoms with Gasteiger partial charge in [0.2, 0.25) is 10.0 Å². The number of carbonyl (C=O) groups excluding carboxylic acids is 1. The van der Waals surface area contributed by atoms with Gasteiger partial charge in [-0.15, -0.1) is 0 Å². The maximum Gasteiger partial charge on any atom is 0.251 e. The molecule has 0 spiro atoms. The number of hydrogen-bond acceptors (Lipinski definition) is 4. The molecule has 3 atom stereocenters. The first-order valence-corrected chi connectivity index (χ1v) is 11.0. The average molecular weight is 378 g/mol. The van der Waals surface area contributed by atoms with Crippen molar-refractivity contribution in [1.29, 1.82) is 0 Å². The summed E-state index contributed by atoms with van der Waals surface area (Å²) in [6, 6.07) is 6.72. The molecule has 4 rings (SSSR count). The molecule has 3 aliphatic rings. The minimum absolute atomic E-state index is 0.155. The van der Waals surface area contributed by atoms with Crippen LogP contribution in [0, 0.1) is 11.8 Å². The molecule has 0 unspecified atom stereocenters. The molecule has 6 nitrogen and oxygen atoms in total. The summed E-state index contributed by atoms with van der Waals surface area (Å²) >= 11 is 0. The van der Waals surface area contributed by atoms with Gasteiger partial charge in [0.1, 0.15) is 0 Å². The van der Waals surface area contributed by atoms with Crippen LogP contribution in [0.3, 0.4) is 0 Å². The highest BCUT2D eigenvalue weighted by Crippen LogP contribution is 2.44. The van der Waals surface area contributed by atoms with Crippen LogP contribution in [-0.2, 0) is 10.0 Å². The number of nitrogens with zero attached hydrogens (tertiary/aromatic N) is 2. The molecule has 7 heteroatoms. The fraction of sp³-hybridized carbons (Fsp3) is 0.632. The van der Waals surface area contributed by atoms with Crippen molar-refractivity contribution in [1.82, 2.24) is 14.5 Å². The molecule has 0 radical (unpaired) electrons. The molecule has 1 aromatic rings. The van der Waals surface area contributed by atoms with Crippen LogP contribution in [0.2, 0.25) is 0 Å². The normalized spacial score (nSPS) is 29.8. The Bertz CT molecular complexity index is 787. The number of sulfonamides is 1. The Hall–Kier alpha value is -1.44. The van der Waals surface area contributed by atoms with E-state index in [9.17, 15) is 13.2 Å². The number of amides is 1. The van der Waals surface area contributed by atoms with Crippen LogP contribution in [0.15, 0.2) is 29.2 Å². The minimum Gasteiger partial charge on any atom is -0.349 e. The van der Waals surface area contributed by atoms with Crippen LogP contribution in [0.5, 0.6) is 0 Å². The number of hydrogen-bond donors (Lipinski definition) is 1. The SMILES string of the molecule is CN1CCN(S(=O)(=O)c2cccc(C(=O)N[C@H]3C[C@H]4CC[C@H]3C4)c2)CC1. The molecule has 2 bridgehead atoms. The van der Waals surface area contributed by atoms with Crippen molar-refractivity contribution in [3.8, 4) is 0 Å². The van der Waals surface area contributed by atoms with Crippen molar-refractivity contribution in [2.24, 2.45) is 11.8 Å². The van der Waals surface area contributed by atoms with Crippen LogP contribution in [-0.4, -0.2) is 62.8 Å². The molecule has 2 aliphatic carbocycles. The van der Waals surface area contributed by atoms with E-state index < -0.39 is 10.0 Å². The Kier molecular flexibility index (Phi) is 4.79. The van der Waals surface area contributed by atoms with E-state index in [0.29, 0.717) is 24.6 Å². The Morgan fingerprint density at radius 1 is 1.12 bits per heavy atom. The Labute approximate surface area is 155 Å². The van der Waals surface area contributed by atoms with Crippen LogP contribution in [0.1, 0.15) is 36.0 Å². The van der Waals surface area contributed by atoms with E-state index in [0.717, 1.165) is 25.4 Å². The topological polar surface area (TPSA) is 69.7 Å². The summed E-state index contributed by atoms with van der Waals surface area (Å²) in [5.41, 5.74) is 0.433. The molecular weight excluding hydrogens is 350 g/mol. The van der Waals surface area contributed by atoms with Crippen molar-refractivity contribution in [3.63, 3.8) is 0 Å². The molecule has 1 aliphatic heterocycles. The molecular formula is C19H27N3O3S. The Morgan fingerprint density at radius 3 is 2.54 bits per heavy atom. The summed E-state index contributed by atoms with van der Waals surface area (Å²) < 4.78 is 27.3. The van der Waals surface area contributed by atoms with Gasteiger partial charge < -0.3 is 10.2 Å². The van der Waals surface area contributed by atoms with Crippen molar-refractivity contribution in [2.45, 2.75) is 36.6 Å². The molecule has 142 valence electrons. The second kappa shape index (κ2) is 6.94. The van der Waals surface area contributed by atoms with Crippen LogP contribution >= 0.6 is 0 Å². The standard InChI is InChI=1S/C19H27N3O3S/c1-21-7-9-22(10-8-21)26(24,25)17-4-2-3-16(13-17)19(23)20-18-12-14-5-6-15(18)11-14/h2-4,13-15,18H,5-12H2,1H3,(H,20,23)/t14-,15-,18-/m0/s1. The van der Waals surface area contributed by atoms with Crippen LogP contribution in [0.4, 0.5) is 0 Å². The number of piperazine rings is 1. The number of rotatable bonds is 4. The van der Waals surface area contributed by atoms with Crippen LogP contribution in [0.25, 0.3) is 0 Å². The molecule has 3 fully saturated rings. The summed E-state index contributed by atoms with van der Waals surface area (Å²) in [7, 11) is -1.56. The zero-order valence-corrected chi connectivity index (χ0v) is 16.0. The number of benzene rings is 1. The fourth-order valence-corrected chi connectivity index (χ4v) is 6.12. The molecule has 1 amide bonds. The molecule has 1 N–H and O–H groups in total. The largest absolute Gasteiger partial charge is 0.349 e. The van der Waals surface area contributed by atoms with Gasteiger partial charge >= 0.3 is 0 Å². The van der Waals surface area contributed by atoms with Crippen molar-refractivity contribution < 1.29 is 13.2 Å². The second-order valence-electron chi connectivity index (χ2n) is 7.99. The minimum atomic E-state index is -3.55. The van der Waals surface area contributed by atoms with E-state index >= 15 is 0 Å². The number of nitrogens with one attached hydrogen (secondary N) is 1. The lowest BCUT2D eigenvalue weighted by Gasteiger charge is -2.31. The van der Waals surface area contributed by atoms with Gasteiger partial charge in [0.25, 0.3) is 5.91 Å². The summed E-state index contributed by atoms with van der Waals surface area (Å²) in [4.78, 5) is 15.0. The highest BCUT2D eigenvalue weighted by Gasteiger charge is 2.40. The highest BCUT2D eigenvalue weighted by atomic mass is 32.2. The van der Waals surface area contributed by atoms with Gasteiger partial charge in [-0.05, 0) is 56.3 Å². The third kappa shape index (κ3) is 3.40. The maximum absolute atomic E-state index is 12.9. The van der Waals surface area contributed by atoms with Gasteiger partial charge in [-0.3, -0.25) is 4.79 Å². The number of fused-ring (bicyclic) bond motifs is 2. The summed E-state index contributed by atoms with van der Waals surface area (Å²) in [6.07, 6.45) is 4.78. The van der Waals surface area contributed by atoms with Gasteiger partial charge in [0.05, 0.1) is 4.90 Å². The predicted octanol–water partition coefficient (Wildman–Crippen LogP) is 1.54. The van der Waals surface area contributed by atoms with Crippen molar-refractivity contribution in [3.05, 3.63) is 29.8 Å². The fourth-order valence-electron chi connectivity index (χ4n) is 4.65. The Morgan fingerprint density at radius 2 is 1.88 bits per heavy atom. The monoisotopic (exact) mass is 377 g/mol. The lowest BCUT2D eigenvalue weighted by atomic mass is 9.95. The average Bonchev–Trinajstić information content (AvgIpc) is 3.25. The van der Waals surface area contributed by atoms with E-state index in [4.69, 9.17) is 0 Å². The van der Waals surface area contributed by atoms with Crippen molar-refractivity contribution in [2.75, 3.05) is 33.2 Å². The molecule has 1 heterocycles. The lowest BCUT2D eigenvalue weighted by molar-refractivity contribution is 0.0922. The van der Waals surface area contributed by atoms with E-state index in [1.165, 1.54) is 29.6 Å². The number of likely N-dealkylation sites (N-methyl/N-ethyl adjacent to an activating group) is 1. The predicted molar refractivity (Wildman–Crippen MR) is 99.4 cm³/mol. The van der Waals surface area contributed by atoms with Crippen molar-refractivity contribution >= 4 is 15.9 Å². The molecule has 2 saturated carbocycles. The van der Waals surface area contributed by atoms with E-state index in [1.54, 1.807) is 18.2 Å². The van der Waals surface area contributed by atoms with Gasteiger partial charge in [-0.25, -0.2) is 8.42 Å². The second-order valence-corrected chi connectivity index (χ2v) is 9.93. The van der Waals surface area contributed by atoms with Gasteiger partial charge in [0.15, 0.2) is 0 Å². The first kappa shape index (κ1) is 17.9. The summed E-state index contributed by atoms with van der Waals surface area (Å²) in [5, 5.41) is 3.14. The van der Waals surface area contributed by atoms with Gasteiger partial charge in [-0.2, -0.15) is 4.31 Å². The Balaban J connectivity index is 1.48. The quantitative estimate of drug-likeness (QED) is 0.864. The number of carbonyl (C=O) groups is 1. The van der Waals surface area contributed by atoms with Gasteiger partial charge in [-0.1, -0.05) is 12.5 Å². The molecule has 1 saturated heterocycles. The van der Waals surface area contributed by atoms with E-state index in [2.05, 4.69) is 10.2 Å². The molecule has 26 heavy (non-hydrogen) atoms. The first-order chi connectivity index (χ1) is 12.4. The smallest absolute Gasteiger partial charge is 0.251 e. The third-order valence-corrected chi connectivity index (χ3v) is 8.15. The molecule has 1 aromatic carbocycles. The maximum atomic E-state index is 12.9. The highest BCUT2D eigenvalue weighted by molar-refractivity contribution is 7.89. The molecule has 0 aromatic heterocycles. The summed E-state index contributed by atoms with van der Waals surface area (Å²) in [6.45, 7) is 2.42. The zero-order valence-electron chi connectivity index (χ0n) is 15.2. The first-order valence-electron chi connectivity index (χ1n) is 9.53.